The molecule has 0 atom stereocenters. The number of anilines is 1. The van der Waals surface area contributed by atoms with E-state index in [-0.39, 0.29) is 17.9 Å². The summed E-state index contributed by atoms with van der Waals surface area (Å²) in [5.41, 5.74) is 3.48. The van der Waals surface area contributed by atoms with E-state index in [0.717, 1.165) is 11.1 Å². The summed E-state index contributed by atoms with van der Waals surface area (Å²) in [5.74, 6) is -0.836. The number of aliphatic hydroxyl groups is 1. The molecule has 2 aromatic carbocycles. The molecule has 1 N–H and O–H groups in total. The van der Waals surface area contributed by atoms with E-state index in [1.165, 1.54) is 29.2 Å². The number of imide groups is 1. The molecule has 0 aliphatic carbocycles. The van der Waals surface area contributed by atoms with Crippen LogP contribution in [0.5, 0.6) is 0 Å². The summed E-state index contributed by atoms with van der Waals surface area (Å²) < 4.78 is 0. The molecule has 2 aliphatic rings. The van der Waals surface area contributed by atoms with Crippen LogP contribution in [0.2, 0.25) is 0 Å². The lowest BCUT2D eigenvalue weighted by Crippen LogP contribution is -2.48. The molecule has 33 heavy (non-hydrogen) atoms. The maximum Gasteiger partial charge on any atom is 0.282 e. The standard InChI is InChI=1S/C24H26N4O5/c1-16-3-6-20(15-17(16)2)27-23(30)21(18-4-7-19(8-5-18)28(32)33)22(24(27)31)26-11-9-25(10-12-26)13-14-29/h3-8,15,29H,9-14H2,1-2H3. The average Bonchev–Trinajstić information content (AvgIpc) is 3.06. The molecule has 9 heteroatoms. The number of hydrogen-bond acceptors (Lipinski definition) is 7. The van der Waals surface area contributed by atoms with Gasteiger partial charge in [-0.2, -0.15) is 0 Å². The third-order valence-electron chi connectivity index (χ3n) is 6.28. The third-order valence-corrected chi connectivity index (χ3v) is 6.28. The van der Waals surface area contributed by atoms with Crippen molar-refractivity contribution in [2.75, 3.05) is 44.2 Å². The summed E-state index contributed by atoms with van der Waals surface area (Å²) >= 11 is 0. The second-order valence-corrected chi connectivity index (χ2v) is 8.29. The van der Waals surface area contributed by atoms with Gasteiger partial charge in [0.25, 0.3) is 17.5 Å². The van der Waals surface area contributed by atoms with Crippen molar-refractivity contribution in [3.8, 4) is 0 Å². The first-order valence-corrected chi connectivity index (χ1v) is 10.8. The van der Waals surface area contributed by atoms with Crippen molar-refractivity contribution < 1.29 is 19.6 Å². The van der Waals surface area contributed by atoms with E-state index in [0.29, 0.717) is 49.7 Å². The number of piperazine rings is 1. The smallest absolute Gasteiger partial charge is 0.282 e. The number of hydrogen-bond donors (Lipinski definition) is 1. The summed E-state index contributed by atoms with van der Waals surface area (Å²) in [5, 5.41) is 20.3. The highest BCUT2D eigenvalue weighted by Crippen LogP contribution is 2.36. The SMILES string of the molecule is Cc1ccc(N2C(=O)C(c3ccc([N+](=O)[O-])cc3)=C(N3CCN(CCO)CC3)C2=O)cc1C. The molecular weight excluding hydrogens is 424 g/mol. The highest BCUT2D eigenvalue weighted by molar-refractivity contribution is 6.45. The summed E-state index contributed by atoms with van der Waals surface area (Å²) in [6.07, 6.45) is 0. The zero-order valence-corrected chi connectivity index (χ0v) is 18.7. The molecule has 0 unspecified atom stereocenters. The summed E-state index contributed by atoms with van der Waals surface area (Å²) in [6.45, 7) is 6.89. The van der Waals surface area contributed by atoms with Crippen LogP contribution in [0.4, 0.5) is 11.4 Å². The number of nitrogens with zero attached hydrogens (tertiary/aromatic N) is 4. The maximum atomic E-state index is 13.6. The van der Waals surface area contributed by atoms with Crippen molar-refractivity contribution in [2.24, 2.45) is 0 Å². The van der Waals surface area contributed by atoms with Gasteiger partial charge in [-0.3, -0.25) is 24.6 Å². The van der Waals surface area contributed by atoms with Gasteiger partial charge in [-0.15, -0.1) is 0 Å². The van der Waals surface area contributed by atoms with Crippen molar-refractivity contribution in [3.05, 3.63) is 75.0 Å². The fourth-order valence-electron chi connectivity index (χ4n) is 4.26. The number of amides is 2. The van der Waals surface area contributed by atoms with Gasteiger partial charge in [0.15, 0.2) is 0 Å². The first-order chi connectivity index (χ1) is 15.8. The fourth-order valence-corrected chi connectivity index (χ4v) is 4.26. The molecule has 172 valence electrons. The topological polar surface area (TPSA) is 107 Å². The molecule has 1 saturated heterocycles. The van der Waals surface area contributed by atoms with Gasteiger partial charge in [-0.05, 0) is 54.8 Å². The van der Waals surface area contributed by atoms with E-state index >= 15 is 0 Å². The minimum atomic E-state index is -0.498. The van der Waals surface area contributed by atoms with Crippen LogP contribution < -0.4 is 4.90 Å². The van der Waals surface area contributed by atoms with Crippen molar-refractivity contribution in [1.29, 1.82) is 0 Å². The lowest BCUT2D eigenvalue weighted by molar-refractivity contribution is -0.384. The molecule has 0 saturated carbocycles. The van der Waals surface area contributed by atoms with Crippen LogP contribution in [-0.4, -0.2) is 71.0 Å². The number of aryl methyl sites for hydroxylation is 2. The van der Waals surface area contributed by atoms with Gasteiger partial charge >= 0.3 is 0 Å². The number of nitro groups is 1. The monoisotopic (exact) mass is 450 g/mol. The predicted molar refractivity (Wildman–Crippen MR) is 124 cm³/mol. The second kappa shape index (κ2) is 9.13. The van der Waals surface area contributed by atoms with Crippen molar-refractivity contribution in [2.45, 2.75) is 13.8 Å². The zero-order chi connectivity index (χ0) is 23.7. The van der Waals surface area contributed by atoms with E-state index in [2.05, 4.69) is 4.90 Å². The van der Waals surface area contributed by atoms with E-state index < -0.39 is 16.7 Å². The van der Waals surface area contributed by atoms with Gasteiger partial charge in [0.05, 0.1) is 22.8 Å². The quantitative estimate of drug-likeness (QED) is 0.408. The number of rotatable bonds is 6. The predicted octanol–water partition coefficient (Wildman–Crippen LogP) is 2.11. The largest absolute Gasteiger partial charge is 0.395 e. The van der Waals surface area contributed by atoms with Crippen LogP contribution in [0.1, 0.15) is 16.7 Å². The molecule has 9 nitrogen and oxygen atoms in total. The van der Waals surface area contributed by atoms with Gasteiger partial charge in [0.2, 0.25) is 0 Å². The van der Waals surface area contributed by atoms with Crippen LogP contribution in [0.3, 0.4) is 0 Å². The van der Waals surface area contributed by atoms with Crippen LogP contribution in [0, 0.1) is 24.0 Å². The molecule has 2 amide bonds. The number of benzene rings is 2. The molecular formula is C24H26N4O5. The molecule has 2 aliphatic heterocycles. The molecule has 0 radical (unpaired) electrons. The van der Waals surface area contributed by atoms with Gasteiger partial charge in [-0.1, -0.05) is 6.07 Å². The van der Waals surface area contributed by atoms with Crippen LogP contribution >= 0.6 is 0 Å². The fraction of sp³-hybridized carbons (Fsp3) is 0.333. The Morgan fingerprint density at radius 3 is 2.18 bits per heavy atom. The Labute approximate surface area is 191 Å². The van der Waals surface area contributed by atoms with Crippen molar-refractivity contribution in [1.82, 2.24) is 9.80 Å². The number of carbonyl (C=O) groups excluding carboxylic acids is 2. The summed E-state index contributed by atoms with van der Waals surface area (Å²) in [6, 6.07) is 11.2. The van der Waals surface area contributed by atoms with Crippen LogP contribution in [0.15, 0.2) is 48.2 Å². The molecule has 0 bridgehead atoms. The average molecular weight is 450 g/mol. The lowest BCUT2D eigenvalue weighted by Gasteiger charge is -2.36. The van der Waals surface area contributed by atoms with E-state index in [4.69, 9.17) is 0 Å². The van der Waals surface area contributed by atoms with Crippen molar-refractivity contribution >= 4 is 28.8 Å². The molecule has 0 aromatic heterocycles. The Hall–Kier alpha value is -3.56. The molecule has 0 spiro atoms. The van der Waals surface area contributed by atoms with E-state index in [1.54, 1.807) is 6.07 Å². The number of non-ortho nitro benzene ring substituents is 1. The molecule has 2 heterocycles. The summed E-state index contributed by atoms with van der Waals surface area (Å²) in [4.78, 5) is 43.0. The van der Waals surface area contributed by atoms with Gasteiger partial charge in [-0.25, -0.2) is 4.90 Å². The Kier molecular flexibility index (Phi) is 6.26. The number of nitro benzene ring substituents is 1. The highest BCUT2D eigenvalue weighted by atomic mass is 16.6. The molecule has 1 fully saturated rings. The first-order valence-electron chi connectivity index (χ1n) is 10.8. The summed E-state index contributed by atoms with van der Waals surface area (Å²) in [7, 11) is 0. The zero-order valence-electron chi connectivity index (χ0n) is 18.7. The Balaban J connectivity index is 1.75. The van der Waals surface area contributed by atoms with Crippen molar-refractivity contribution in [3.63, 3.8) is 0 Å². The van der Waals surface area contributed by atoms with Gasteiger partial charge in [0.1, 0.15) is 5.70 Å². The Morgan fingerprint density at radius 2 is 1.61 bits per heavy atom. The van der Waals surface area contributed by atoms with E-state index in [1.807, 2.05) is 30.9 Å². The highest BCUT2D eigenvalue weighted by Gasteiger charge is 2.43. The van der Waals surface area contributed by atoms with E-state index in [9.17, 15) is 24.8 Å². The van der Waals surface area contributed by atoms with Crippen LogP contribution in [-0.2, 0) is 9.59 Å². The lowest BCUT2D eigenvalue weighted by atomic mass is 10.0. The molecule has 2 aromatic rings. The maximum absolute atomic E-state index is 13.6. The third kappa shape index (κ3) is 4.24. The first kappa shape index (κ1) is 22.6. The molecule has 4 rings (SSSR count). The minimum absolute atomic E-state index is 0.0642. The Bertz CT molecular complexity index is 1130. The van der Waals surface area contributed by atoms with Gasteiger partial charge in [0, 0.05) is 44.9 Å². The number of β-amino-alcohol motifs (C(OH)–C–C–N with tert-alkyl or cyclic N) is 1. The minimum Gasteiger partial charge on any atom is -0.395 e. The normalized spacial score (nSPS) is 17.3. The number of carbonyl (C=O) groups is 2. The van der Waals surface area contributed by atoms with Gasteiger partial charge < -0.3 is 10.0 Å². The second-order valence-electron chi connectivity index (χ2n) is 8.29. The Morgan fingerprint density at radius 1 is 0.939 bits per heavy atom. The number of aliphatic hydroxyl groups excluding tert-OH is 1. The van der Waals surface area contributed by atoms with Crippen LogP contribution in [0.25, 0.3) is 5.57 Å².